The highest BCUT2D eigenvalue weighted by atomic mass is 14.6. The zero-order valence-electron chi connectivity index (χ0n) is 13.6. The van der Waals surface area contributed by atoms with Gasteiger partial charge in [0.05, 0.1) is 0 Å². The summed E-state index contributed by atoms with van der Waals surface area (Å²) in [6.07, 6.45) is 5.19. The van der Waals surface area contributed by atoms with Crippen molar-refractivity contribution in [3.63, 3.8) is 0 Å². The lowest BCUT2D eigenvalue weighted by Gasteiger charge is -2.32. The Morgan fingerprint density at radius 1 is 1.00 bits per heavy atom. The summed E-state index contributed by atoms with van der Waals surface area (Å²) >= 11 is 0. The molecule has 0 nitrogen and oxygen atoms in total. The van der Waals surface area contributed by atoms with E-state index in [9.17, 15) is 0 Å². The Morgan fingerprint density at radius 3 is 2.11 bits per heavy atom. The SMILES string of the molecule is CC(C)(C)CCc1cccc(C2(C(C)(C)C)CC2)c1. The van der Waals surface area contributed by atoms with Gasteiger partial charge in [-0.05, 0) is 47.6 Å². The molecule has 1 aliphatic carbocycles. The van der Waals surface area contributed by atoms with E-state index in [-0.39, 0.29) is 0 Å². The van der Waals surface area contributed by atoms with Crippen LogP contribution in [-0.2, 0) is 11.8 Å². The van der Waals surface area contributed by atoms with E-state index in [0.29, 0.717) is 16.2 Å². The maximum Gasteiger partial charge on any atom is 0.000223 e. The van der Waals surface area contributed by atoms with Crippen molar-refractivity contribution in [2.24, 2.45) is 10.8 Å². The third-order valence-corrected chi connectivity index (χ3v) is 4.83. The second kappa shape index (κ2) is 4.65. The van der Waals surface area contributed by atoms with Crippen LogP contribution in [0.3, 0.4) is 0 Å². The number of aryl methyl sites for hydroxylation is 1. The Balaban J connectivity index is 2.17. The molecule has 0 heteroatoms. The van der Waals surface area contributed by atoms with Crippen LogP contribution in [0.5, 0.6) is 0 Å². The highest BCUT2D eigenvalue weighted by Crippen LogP contribution is 2.59. The molecule has 1 saturated carbocycles. The molecule has 106 valence electrons. The second-order valence-corrected chi connectivity index (χ2v) is 8.59. The number of hydrogen-bond donors (Lipinski definition) is 0. The van der Waals surface area contributed by atoms with Gasteiger partial charge >= 0.3 is 0 Å². The molecule has 0 amide bonds. The van der Waals surface area contributed by atoms with E-state index < -0.39 is 0 Å². The topological polar surface area (TPSA) is 0 Å². The van der Waals surface area contributed by atoms with Crippen LogP contribution in [-0.4, -0.2) is 0 Å². The molecular formula is C19H30. The number of hydrogen-bond acceptors (Lipinski definition) is 0. The lowest BCUT2D eigenvalue weighted by atomic mass is 9.73. The van der Waals surface area contributed by atoms with Crippen molar-refractivity contribution < 1.29 is 0 Å². The van der Waals surface area contributed by atoms with Gasteiger partial charge < -0.3 is 0 Å². The molecule has 0 atom stereocenters. The number of rotatable bonds is 3. The molecule has 0 radical (unpaired) electrons. The van der Waals surface area contributed by atoms with E-state index in [0.717, 1.165) is 0 Å². The lowest BCUT2D eigenvalue weighted by molar-refractivity contribution is 0.298. The summed E-state index contributed by atoms with van der Waals surface area (Å²) in [6.45, 7) is 14.2. The van der Waals surface area contributed by atoms with Crippen molar-refractivity contribution in [3.8, 4) is 0 Å². The van der Waals surface area contributed by atoms with Crippen LogP contribution < -0.4 is 0 Å². The molecular weight excluding hydrogens is 228 g/mol. The Hall–Kier alpha value is -0.780. The van der Waals surface area contributed by atoms with Gasteiger partial charge in [0.25, 0.3) is 0 Å². The quantitative estimate of drug-likeness (QED) is 0.648. The van der Waals surface area contributed by atoms with E-state index in [4.69, 9.17) is 0 Å². The molecule has 1 aromatic rings. The molecule has 0 heterocycles. The molecule has 0 saturated heterocycles. The predicted molar refractivity (Wildman–Crippen MR) is 84.6 cm³/mol. The van der Waals surface area contributed by atoms with Gasteiger partial charge in [0.2, 0.25) is 0 Å². The molecule has 1 aromatic carbocycles. The van der Waals surface area contributed by atoms with Crippen LogP contribution in [0.1, 0.15) is 71.9 Å². The van der Waals surface area contributed by atoms with Crippen LogP contribution >= 0.6 is 0 Å². The van der Waals surface area contributed by atoms with E-state index in [1.54, 1.807) is 5.56 Å². The Morgan fingerprint density at radius 2 is 1.63 bits per heavy atom. The lowest BCUT2D eigenvalue weighted by Crippen LogP contribution is -2.26. The molecule has 0 aliphatic heterocycles. The molecule has 1 aliphatic rings. The first kappa shape index (κ1) is 14.6. The van der Waals surface area contributed by atoms with Gasteiger partial charge in [-0.25, -0.2) is 0 Å². The normalized spacial score (nSPS) is 18.4. The van der Waals surface area contributed by atoms with Gasteiger partial charge in [-0.1, -0.05) is 65.8 Å². The van der Waals surface area contributed by atoms with Crippen molar-refractivity contribution in [1.82, 2.24) is 0 Å². The van der Waals surface area contributed by atoms with Gasteiger partial charge in [0.15, 0.2) is 0 Å². The second-order valence-electron chi connectivity index (χ2n) is 8.59. The first-order valence-corrected chi connectivity index (χ1v) is 7.74. The van der Waals surface area contributed by atoms with Gasteiger partial charge in [-0.3, -0.25) is 0 Å². The third-order valence-electron chi connectivity index (χ3n) is 4.83. The smallest absolute Gasteiger partial charge is 0.000223 e. The largest absolute Gasteiger partial charge is 0.0617 e. The van der Waals surface area contributed by atoms with E-state index in [1.807, 2.05) is 0 Å². The molecule has 0 aromatic heterocycles. The maximum atomic E-state index is 2.48. The zero-order valence-corrected chi connectivity index (χ0v) is 13.6. The highest BCUT2D eigenvalue weighted by Gasteiger charge is 2.52. The Kier molecular flexibility index (Phi) is 3.58. The Labute approximate surface area is 119 Å². The number of benzene rings is 1. The van der Waals surface area contributed by atoms with Gasteiger partial charge in [0, 0.05) is 5.41 Å². The molecule has 0 bridgehead atoms. The van der Waals surface area contributed by atoms with Gasteiger partial charge in [0.1, 0.15) is 0 Å². The molecule has 1 fully saturated rings. The van der Waals surface area contributed by atoms with Crippen LogP contribution in [0.2, 0.25) is 0 Å². The Bertz CT molecular complexity index is 436. The van der Waals surface area contributed by atoms with Crippen molar-refractivity contribution >= 4 is 0 Å². The predicted octanol–water partition coefficient (Wildman–Crippen LogP) is 5.74. The van der Waals surface area contributed by atoms with Crippen LogP contribution in [0.4, 0.5) is 0 Å². The van der Waals surface area contributed by atoms with E-state index in [1.165, 1.54) is 31.2 Å². The monoisotopic (exact) mass is 258 g/mol. The minimum absolute atomic E-state index is 0.385. The highest BCUT2D eigenvalue weighted by molar-refractivity contribution is 5.37. The van der Waals surface area contributed by atoms with E-state index >= 15 is 0 Å². The molecule has 2 rings (SSSR count). The van der Waals surface area contributed by atoms with Crippen molar-refractivity contribution in [1.29, 1.82) is 0 Å². The summed E-state index contributed by atoms with van der Waals surface area (Å²) in [5.41, 5.74) is 4.35. The van der Waals surface area contributed by atoms with Crippen molar-refractivity contribution in [2.45, 2.75) is 72.6 Å². The summed E-state index contributed by atoms with van der Waals surface area (Å²) in [5, 5.41) is 0. The molecule has 0 N–H and O–H groups in total. The fraction of sp³-hybridized carbons (Fsp3) is 0.684. The fourth-order valence-electron chi connectivity index (χ4n) is 3.14. The maximum absolute atomic E-state index is 2.48. The zero-order chi connectivity index (χ0) is 14.3. The first-order chi connectivity index (χ1) is 8.64. The summed E-state index contributed by atoms with van der Waals surface area (Å²) in [6, 6.07) is 9.38. The molecule has 0 unspecified atom stereocenters. The average molecular weight is 258 g/mol. The van der Waals surface area contributed by atoms with Crippen LogP contribution in [0, 0.1) is 10.8 Å². The minimum atomic E-state index is 0.385. The summed E-state index contributed by atoms with van der Waals surface area (Å²) < 4.78 is 0. The van der Waals surface area contributed by atoms with Crippen LogP contribution in [0.25, 0.3) is 0 Å². The minimum Gasteiger partial charge on any atom is -0.0617 e. The van der Waals surface area contributed by atoms with E-state index in [2.05, 4.69) is 65.8 Å². The van der Waals surface area contributed by atoms with Gasteiger partial charge in [-0.2, -0.15) is 0 Å². The summed E-state index contributed by atoms with van der Waals surface area (Å²) in [5.74, 6) is 0. The van der Waals surface area contributed by atoms with Crippen LogP contribution in [0.15, 0.2) is 24.3 Å². The summed E-state index contributed by atoms with van der Waals surface area (Å²) in [4.78, 5) is 0. The summed E-state index contributed by atoms with van der Waals surface area (Å²) in [7, 11) is 0. The van der Waals surface area contributed by atoms with Crippen molar-refractivity contribution in [2.75, 3.05) is 0 Å². The van der Waals surface area contributed by atoms with Crippen molar-refractivity contribution in [3.05, 3.63) is 35.4 Å². The molecule has 19 heavy (non-hydrogen) atoms. The standard InChI is InChI=1S/C19H30/c1-17(2,3)11-10-15-8-7-9-16(14-15)19(12-13-19)18(4,5)6/h7-9,14H,10-13H2,1-6H3. The molecule has 0 spiro atoms. The fourth-order valence-corrected chi connectivity index (χ4v) is 3.14. The van der Waals surface area contributed by atoms with Gasteiger partial charge in [-0.15, -0.1) is 0 Å². The first-order valence-electron chi connectivity index (χ1n) is 7.74. The average Bonchev–Trinajstić information content (AvgIpc) is 3.06. The third kappa shape index (κ3) is 3.22.